The predicted molar refractivity (Wildman–Crippen MR) is 86.9 cm³/mol. The molecule has 0 amide bonds. The van der Waals surface area contributed by atoms with Crippen LogP contribution in [0.4, 0.5) is 0 Å². The number of nitrogens with zero attached hydrogens (tertiary/aromatic N) is 1. The quantitative estimate of drug-likeness (QED) is 0.889. The van der Waals surface area contributed by atoms with Crippen LogP contribution in [0.5, 0.6) is 0 Å². The van der Waals surface area contributed by atoms with Crippen LogP contribution in [0.25, 0.3) is 0 Å². The van der Waals surface area contributed by atoms with Gasteiger partial charge >= 0.3 is 0 Å². The smallest absolute Gasteiger partial charge is 0.149 e. The number of nitrogens with one attached hydrogen (secondary N) is 1. The van der Waals surface area contributed by atoms with E-state index in [2.05, 4.69) is 11.4 Å². The van der Waals surface area contributed by atoms with Crippen molar-refractivity contribution in [1.82, 2.24) is 5.32 Å². The summed E-state index contributed by atoms with van der Waals surface area (Å²) in [6.45, 7) is 0.542. The van der Waals surface area contributed by atoms with Crippen molar-refractivity contribution >= 4 is 9.84 Å². The minimum atomic E-state index is -3.09. The zero-order valence-corrected chi connectivity index (χ0v) is 13.2. The standard InChI is InChI=1S/C17H18N2O2S/c1-22(20,21)13-17(16-5-3-2-4-6-16)19-12-15-9-7-14(11-18)8-10-15/h2-10,17,19H,12-13H2,1H3. The maximum absolute atomic E-state index is 11.6. The van der Waals surface area contributed by atoms with E-state index in [4.69, 9.17) is 5.26 Å². The number of nitriles is 1. The first-order chi connectivity index (χ1) is 10.5. The average molecular weight is 314 g/mol. The van der Waals surface area contributed by atoms with Crippen molar-refractivity contribution in [3.8, 4) is 6.07 Å². The fourth-order valence-electron chi connectivity index (χ4n) is 2.20. The normalized spacial score (nSPS) is 12.5. The Morgan fingerprint density at radius 1 is 1.09 bits per heavy atom. The van der Waals surface area contributed by atoms with Gasteiger partial charge in [0, 0.05) is 18.8 Å². The van der Waals surface area contributed by atoms with Crippen LogP contribution in [0.1, 0.15) is 22.7 Å². The number of hydrogen-bond acceptors (Lipinski definition) is 4. The van der Waals surface area contributed by atoms with Gasteiger partial charge in [0.05, 0.1) is 17.4 Å². The lowest BCUT2D eigenvalue weighted by molar-refractivity contribution is 0.551. The molecule has 0 saturated heterocycles. The van der Waals surface area contributed by atoms with Crippen LogP contribution >= 0.6 is 0 Å². The zero-order chi connectivity index (χ0) is 16.0. The summed E-state index contributed by atoms with van der Waals surface area (Å²) in [4.78, 5) is 0. The van der Waals surface area contributed by atoms with E-state index in [1.165, 1.54) is 6.26 Å². The summed E-state index contributed by atoms with van der Waals surface area (Å²) >= 11 is 0. The molecule has 0 heterocycles. The Kier molecular flexibility index (Phi) is 5.31. The van der Waals surface area contributed by atoms with Gasteiger partial charge in [-0.25, -0.2) is 8.42 Å². The van der Waals surface area contributed by atoms with Crippen LogP contribution in [0, 0.1) is 11.3 Å². The monoisotopic (exact) mass is 314 g/mol. The summed E-state index contributed by atoms with van der Waals surface area (Å²) in [5.74, 6) is 0.0489. The fourth-order valence-corrected chi connectivity index (χ4v) is 3.12. The number of sulfone groups is 1. The lowest BCUT2D eigenvalue weighted by Crippen LogP contribution is -2.27. The molecule has 2 rings (SSSR count). The molecular formula is C17H18N2O2S. The van der Waals surface area contributed by atoms with E-state index in [0.29, 0.717) is 12.1 Å². The highest BCUT2D eigenvalue weighted by Gasteiger charge is 2.16. The molecule has 0 aliphatic rings. The molecule has 1 atom stereocenters. The summed E-state index contributed by atoms with van der Waals surface area (Å²) in [6, 6.07) is 18.6. The summed E-state index contributed by atoms with van der Waals surface area (Å²) in [5.41, 5.74) is 2.56. The van der Waals surface area contributed by atoms with Gasteiger partial charge in [-0.1, -0.05) is 42.5 Å². The molecule has 0 aromatic heterocycles. The molecule has 22 heavy (non-hydrogen) atoms. The van der Waals surface area contributed by atoms with E-state index in [0.717, 1.165) is 11.1 Å². The van der Waals surface area contributed by atoms with Gasteiger partial charge in [-0.2, -0.15) is 5.26 Å². The summed E-state index contributed by atoms with van der Waals surface area (Å²) in [7, 11) is -3.09. The Labute approximate surface area is 131 Å². The third kappa shape index (κ3) is 4.99. The Balaban J connectivity index is 2.11. The predicted octanol–water partition coefficient (Wildman–Crippen LogP) is 2.43. The Bertz CT molecular complexity index is 747. The molecule has 0 aliphatic heterocycles. The molecule has 1 unspecified atom stereocenters. The van der Waals surface area contributed by atoms with Gasteiger partial charge in [-0.3, -0.25) is 0 Å². The van der Waals surface area contributed by atoms with Gasteiger partial charge < -0.3 is 5.32 Å². The van der Waals surface area contributed by atoms with Gasteiger partial charge in [0.25, 0.3) is 0 Å². The average Bonchev–Trinajstić information content (AvgIpc) is 2.52. The molecule has 4 nitrogen and oxygen atoms in total. The van der Waals surface area contributed by atoms with Crippen molar-refractivity contribution in [3.63, 3.8) is 0 Å². The molecule has 114 valence electrons. The van der Waals surface area contributed by atoms with Crippen molar-refractivity contribution in [2.75, 3.05) is 12.0 Å². The third-order valence-electron chi connectivity index (χ3n) is 3.31. The SMILES string of the molecule is CS(=O)(=O)CC(NCc1ccc(C#N)cc1)c1ccccc1. The third-order valence-corrected chi connectivity index (χ3v) is 4.25. The van der Waals surface area contributed by atoms with E-state index in [9.17, 15) is 8.42 Å². The maximum Gasteiger partial charge on any atom is 0.149 e. The molecule has 0 bridgehead atoms. The molecular weight excluding hydrogens is 296 g/mol. The summed E-state index contributed by atoms with van der Waals surface area (Å²) in [5, 5.41) is 12.1. The van der Waals surface area contributed by atoms with E-state index in [1.54, 1.807) is 12.1 Å². The van der Waals surface area contributed by atoms with Crippen molar-refractivity contribution < 1.29 is 8.42 Å². The van der Waals surface area contributed by atoms with E-state index in [1.807, 2.05) is 42.5 Å². The van der Waals surface area contributed by atoms with Gasteiger partial charge in [-0.15, -0.1) is 0 Å². The lowest BCUT2D eigenvalue weighted by atomic mass is 10.1. The Morgan fingerprint density at radius 2 is 1.73 bits per heavy atom. The highest BCUT2D eigenvalue weighted by atomic mass is 32.2. The topological polar surface area (TPSA) is 70.0 Å². The first kappa shape index (κ1) is 16.2. The van der Waals surface area contributed by atoms with Crippen LogP contribution in [-0.2, 0) is 16.4 Å². The summed E-state index contributed by atoms with van der Waals surface area (Å²) < 4.78 is 23.3. The molecule has 2 aromatic rings. The number of hydrogen-bond donors (Lipinski definition) is 1. The highest BCUT2D eigenvalue weighted by Crippen LogP contribution is 2.16. The summed E-state index contributed by atoms with van der Waals surface area (Å²) in [6.07, 6.45) is 1.24. The molecule has 0 radical (unpaired) electrons. The number of benzene rings is 2. The second kappa shape index (κ2) is 7.21. The first-order valence-corrected chi connectivity index (χ1v) is 8.99. The van der Waals surface area contributed by atoms with Crippen molar-refractivity contribution in [1.29, 1.82) is 5.26 Å². The van der Waals surface area contributed by atoms with Crippen molar-refractivity contribution in [3.05, 3.63) is 71.3 Å². The van der Waals surface area contributed by atoms with E-state index >= 15 is 0 Å². The molecule has 2 aromatic carbocycles. The van der Waals surface area contributed by atoms with E-state index < -0.39 is 9.84 Å². The largest absolute Gasteiger partial charge is 0.305 e. The number of rotatable bonds is 6. The van der Waals surface area contributed by atoms with Crippen molar-refractivity contribution in [2.24, 2.45) is 0 Å². The van der Waals surface area contributed by atoms with Crippen LogP contribution in [-0.4, -0.2) is 20.4 Å². The van der Waals surface area contributed by atoms with Gasteiger partial charge in [-0.05, 0) is 23.3 Å². The zero-order valence-electron chi connectivity index (χ0n) is 12.4. The highest BCUT2D eigenvalue weighted by molar-refractivity contribution is 7.90. The molecule has 1 N–H and O–H groups in total. The molecule has 0 aliphatic carbocycles. The van der Waals surface area contributed by atoms with Crippen LogP contribution in [0.2, 0.25) is 0 Å². The molecule has 0 fully saturated rings. The van der Waals surface area contributed by atoms with Gasteiger partial charge in [0.15, 0.2) is 0 Å². The maximum atomic E-state index is 11.6. The Hall–Kier alpha value is -2.16. The van der Waals surface area contributed by atoms with Crippen LogP contribution < -0.4 is 5.32 Å². The second-order valence-corrected chi connectivity index (χ2v) is 7.43. The minimum absolute atomic E-state index is 0.0489. The lowest BCUT2D eigenvalue weighted by Gasteiger charge is -2.18. The van der Waals surface area contributed by atoms with Crippen LogP contribution in [0.15, 0.2) is 54.6 Å². The van der Waals surface area contributed by atoms with Gasteiger partial charge in [0.2, 0.25) is 0 Å². The van der Waals surface area contributed by atoms with Gasteiger partial charge in [0.1, 0.15) is 9.84 Å². The first-order valence-electron chi connectivity index (χ1n) is 6.93. The Morgan fingerprint density at radius 3 is 2.27 bits per heavy atom. The van der Waals surface area contributed by atoms with Crippen molar-refractivity contribution in [2.45, 2.75) is 12.6 Å². The van der Waals surface area contributed by atoms with Crippen LogP contribution in [0.3, 0.4) is 0 Å². The molecule has 5 heteroatoms. The van der Waals surface area contributed by atoms with E-state index in [-0.39, 0.29) is 11.8 Å². The molecule has 0 spiro atoms. The fraction of sp³-hybridized carbons (Fsp3) is 0.235. The second-order valence-electron chi connectivity index (χ2n) is 5.25. The minimum Gasteiger partial charge on any atom is -0.305 e. The molecule has 0 saturated carbocycles.